The molecule has 202 valence electrons. The fraction of sp³-hybridized carbons (Fsp3) is 0.286. The molecule has 0 spiro atoms. The summed E-state index contributed by atoms with van der Waals surface area (Å²) in [5.74, 6) is -1.65. The van der Waals surface area contributed by atoms with Gasteiger partial charge in [-0.25, -0.2) is 14.8 Å². The predicted molar refractivity (Wildman–Crippen MR) is 140 cm³/mol. The molecule has 0 bridgehead atoms. The van der Waals surface area contributed by atoms with Gasteiger partial charge >= 0.3 is 5.97 Å². The summed E-state index contributed by atoms with van der Waals surface area (Å²) in [7, 11) is 0. The zero-order valence-corrected chi connectivity index (χ0v) is 22.1. The molecular formula is C28H29N5O6. The van der Waals surface area contributed by atoms with Crippen LogP contribution in [0, 0.1) is 0 Å². The number of nitrogens with zero attached hydrogens (tertiary/aromatic N) is 4. The van der Waals surface area contributed by atoms with Crippen LogP contribution >= 0.6 is 0 Å². The predicted octanol–water partition coefficient (Wildman–Crippen LogP) is 4.24. The van der Waals surface area contributed by atoms with Crippen LogP contribution in [0.3, 0.4) is 0 Å². The summed E-state index contributed by atoms with van der Waals surface area (Å²) < 4.78 is 15.4. The highest BCUT2D eigenvalue weighted by molar-refractivity contribution is 6.09. The molecule has 0 fully saturated rings. The number of carbonyl (C=O) groups excluding carboxylic acids is 3. The van der Waals surface area contributed by atoms with E-state index in [1.807, 2.05) is 12.1 Å². The Balaban J connectivity index is 1.73. The Kier molecular flexibility index (Phi) is 8.18. The van der Waals surface area contributed by atoms with E-state index in [-0.39, 0.29) is 35.7 Å². The van der Waals surface area contributed by atoms with Crippen LogP contribution in [0.25, 0.3) is 0 Å². The first kappa shape index (κ1) is 27.2. The van der Waals surface area contributed by atoms with Gasteiger partial charge in [0.25, 0.3) is 5.91 Å². The molecule has 0 aliphatic rings. The van der Waals surface area contributed by atoms with Crippen LogP contribution in [-0.4, -0.2) is 39.3 Å². The maximum absolute atomic E-state index is 13.8. The van der Waals surface area contributed by atoms with Gasteiger partial charge in [0.1, 0.15) is 12.3 Å². The van der Waals surface area contributed by atoms with Crippen LogP contribution in [0.5, 0.6) is 0 Å². The second-order valence-electron chi connectivity index (χ2n) is 9.60. The van der Waals surface area contributed by atoms with Gasteiger partial charge in [-0.1, -0.05) is 39.0 Å². The number of carbonyl (C=O) groups is 3. The minimum absolute atomic E-state index is 0.0245. The number of esters is 1. The van der Waals surface area contributed by atoms with Gasteiger partial charge in [-0.3, -0.25) is 19.5 Å². The molecule has 39 heavy (non-hydrogen) atoms. The van der Waals surface area contributed by atoms with Gasteiger partial charge in [-0.2, -0.15) is 0 Å². The second-order valence-corrected chi connectivity index (χ2v) is 9.60. The van der Waals surface area contributed by atoms with E-state index in [4.69, 9.17) is 13.6 Å². The normalized spacial score (nSPS) is 12.0. The van der Waals surface area contributed by atoms with Crippen LogP contribution in [0.1, 0.15) is 71.6 Å². The molecule has 1 N–H and O–H groups in total. The first-order valence-electron chi connectivity index (χ1n) is 12.3. The Labute approximate surface area is 225 Å². The number of rotatable bonds is 9. The summed E-state index contributed by atoms with van der Waals surface area (Å²) >= 11 is 0. The third-order valence-corrected chi connectivity index (χ3v) is 5.92. The smallest absolute Gasteiger partial charge is 0.360 e. The zero-order chi connectivity index (χ0) is 28.0. The Morgan fingerprint density at radius 3 is 2.46 bits per heavy atom. The number of pyridine rings is 1. The fourth-order valence-corrected chi connectivity index (χ4v) is 3.93. The monoisotopic (exact) mass is 531 g/mol. The molecule has 0 aliphatic heterocycles. The average molecular weight is 532 g/mol. The van der Waals surface area contributed by atoms with Crippen molar-refractivity contribution in [2.75, 3.05) is 11.5 Å². The number of hydrogen-bond acceptors (Lipinski definition) is 9. The van der Waals surface area contributed by atoms with E-state index in [1.165, 1.54) is 17.4 Å². The van der Waals surface area contributed by atoms with Gasteiger partial charge in [0.2, 0.25) is 5.91 Å². The minimum Gasteiger partial charge on any atom is -0.461 e. The highest BCUT2D eigenvalue weighted by Gasteiger charge is 2.35. The molecule has 4 aromatic rings. The van der Waals surface area contributed by atoms with Gasteiger partial charge in [0, 0.05) is 23.6 Å². The van der Waals surface area contributed by atoms with Crippen molar-refractivity contribution >= 4 is 23.5 Å². The third-order valence-electron chi connectivity index (χ3n) is 5.92. The summed E-state index contributed by atoms with van der Waals surface area (Å²) in [6.07, 6.45) is 6.55. The molecule has 1 atom stereocenters. The summed E-state index contributed by atoms with van der Waals surface area (Å²) in [6.45, 7) is 7.92. The first-order valence-corrected chi connectivity index (χ1v) is 12.3. The van der Waals surface area contributed by atoms with Gasteiger partial charge in [-0.15, -0.1) is 0 Å². The highest BCUT2D eigenvalue weighted by atomic mass is 16.5. The molecule has 3 aromatic heterocycles. The maximum Gasteiger partial charge on any atom is 0.360 e. The van der Waals surface area contributed by atoms with Crippen molar-refractivity contribution in [1.29, 1.82) is 0 Å². The van der Waals surface area contributed by atoms with Crippen LogP contribution in [0.2, 0.25) is 0 Å². The Morgan fingerprint density at radius 2 is 1.85 bits per heavy atom. The summed E-state index contributed by atoms with van der Waals surface area (Å²) in [4.78, 5) is 53.2. The average Bonchev–Trinajstić information content (AvgIpc) is 3.63. The number of ether oxygens (including phenoxy) is 1. The van der Waals surface area contributed by atoms with E-state index < -0.39 is 23.8 Å². The van der Waals surface area contributed by atoms with E-state index in [2.05, 4.69) is 41.0 Å². The van der Waals surface area contributed by atoms with Crippen LogP contribution in [0.15, 0.2) is 76.7 Å². The molecule has 11 nitrogen and oxygen atoms in total. The Hall–Kier alpha value is -4.80. The molecule has 4 rings (SSSR count). The van der Waals surface area contributed by atoms with E-state index >= 15 is 0 Å². The van der Waals surface area contributed by atoms with Crippen molar-refractivity contribution in [2.45, 2.75) is 45.7 Å². The summed E-state index contributed by atoms with van der Waals surface area (Å²) in [5.41, 5.74) is 1.84. The molecule has 3 heterocycles. The minimum atomic E-state index is -1.16. The van der Waals surface area contributed by atoms with Gasteiger partial charge < -0.3 is 18.9 Å². The highest BCUT2D eigenvalue weighted by Crippen LogP contribution is 2.32. The molecule has 0 saturated carbocycles. The third kappa shape index (κ3) is 6.20. The van der Waals surface area contributed by atoms with Crippen molar-refractivity contribution in [3.05, 3.63) is 96.1 Å². The first-order chi connectivity index (χ1) is 18.7. The Bertz CT molecular complexity index is 1410. The molecule has 1 aromatic carbocycles. The van der Waals surface area contributed by atoms with Crippen molar-refractivity contribution in [3.63, 3.8) is 0 Å². The van der Waals surface area contributed by atoms with E-state index in [1.54, 1.807) is 37.4 Å². The lowest BCUT2D eigenvalue weighted by atomic mass is 9.87. The molecule has 2 amide bonds. The number of hydrogen-bond donors (Lipinski definition) is 1. The number of nitrogens with one attached hydrogen (secondary N) is 1. The van der Waals surface area contributed by atoms with Gasteiger partial charge in [0.15, 0.2) is 29.9 Å². The number of oxazole rings is 2. The zero-order valence-electron chi connectivity index (χ0n) is 22.1. The molecule has 1 unspecified atom stereocenters. The number of anilines is 1. The van der Waals surface area contributed by atoms with Crippen molar-refractivity contribution in [1.82, 2.24) is 20.3 Å². The standard InChI is InChI=1S/C28H29N5O6/c1-5-38-27(36)23-22(39-17-32-23)14-30-25(34)24(18-7-6-12-29-13-18)33(26(35)21-15-37-16-31-21)20-10-8-19(9-11-20)28(2,3)4/h6-13,15-17,24H,5,14H2,1-4H3,(H,30,34). The fourth-order valence-electron chi connectivity index (χ4n) is 3.93. The van der Waals surface area contributed by atoms with Crippen LogP contribution in [-0.2, 0) is 21.5 Å². The van der Waals surface area contributed by atoms with Crippen molar-refractivity contribution < 1.29 is 28.0 Å². The number of benzene rings is 1. The topological polar surface area (TPSA) is 141 Å². The number of amides is 2. The Morgan fingerprint density at radius 1 is 1.08 bits per heavy atom. The summed E-state index contributed by atoms with van der Waals surface area (Å²) in [5, 5.41) is 2.76. The van der Waals surface area contributed by atoms with Crippen LogP contribution < -0.4 is 10.2 Å². The van der Waals surface area contributed by atoms with Crippen molar-refractivity contribution in [2.24, 2.45) is 0 Å². The van der Waals surface area contributed by atoms with Gasteiger partial charge in [-0.05, 0) is 36.1 Å². The summed E-state index contributed by atoms with van der Waals surface area (Å²) in [6, 6.07) is 9.61. The quantitative estimate of drug-likeness (QED) is 0.314. The van der Waals surface area contributed by atoms with E-state index in [0.29, 0.717) is 11.3 Å². The lowest BCUT2D eigenvalue weighted by Crippen LogP contribution is -2.44. The maximum atomic E-state index is 13.8. The molecule has 0 radical (unpaired) electrons. The van der Waals surface area contributed by atoms with Gasteiger partial charge in [0.05, 0.1) is 13.2 Å². The van der Waals surface area contributed by atoms with E-state index in [9.17, 15) is 14.4 Å². The lowest BCUT2D eigenvalue weighted by Gasteiger charge is -2.31. The lowest BCUT2D eigenvalue weighted by molar-refractivity contribution is -0.122. The molecule has 0 aliphatic carbocycles. The van der Waals surface area contributed by atoms with E-state index in [0.717, 1.165) is 18.4 Å². The second kappa shape index (κ2) is 11.7. The molecule has 0 saturated heterocycles. The van der Waals surface area contributed by atoms with Crippen LogP contribution in [0.4, 0.5) is 5.69 Å². The molecule has 11 heteroatoms. The van der Waals surface area contributed by atoms with Crippen molar-refractivity contribution in [3.8, 4) is 0 Å². The molecular weight excluding hydrogens is 502 g/mol. The largest absolute Gasteiger partial charge is 0.461 e. The SMILES string of the molecule is CCOC(=O)c1ncoc1CNC(=O)C(c1cccnc1)N(C(=O)c1cocn1)c1ccc(C(C)(C)C)cc1. The number of aromatic nitrogens is 3.